The number of carbonyl (C=O) groups is 1. The van der Waals surface area contributed by atoms with Crippen molar-refractivity contribution in [2.75, 3.05) is 0 Å². The van der Waals surface area contributed by atoms with Crippen LogP contribution in [0.1, 0.15) is 34.8 Å². The van der Waals surface area contributed by atoms with E-state index in [0.29, 0.717) is 16.2 Å². The van der Waals surface area contributed by atoms with Crippen molar-refractivity contribution in [3.05, 3.63) is 80.7 Å². The normalized spacial score (nSPS) is 10.8. The molecule has 0 bridgehead atoms. The molecule has 0 saturated carbocycles. The first-order chi connectivity index (χ1) is 12.1. The van der Waals surface area contributed by atoms with Crippen molar-refractivity contribution in [1.82, 2.24) is 5.32 Å². The highest BCUT2D eigenvalue weighted by molar-refractivity contribution is 6.30. The van der Waals surface area contributed by atoms with Gasteiger partial charge in [-0.15, -0.1) is 0 Å². The monoisotopic (exact) mass is 355 g/mol. The third-order valence-electron chi connectivity index (χ3n) is 3.98. The van der Waals surface area contributed by atoms with Gasteiger partial charge in [-0.25, -0.2) is 4.79 Å². The molecule has 128 valence electrons. The Morgan fingerprint density at radius 2 is 1.88 bits per heavy atom. The molecule has 0 fully saturated rings. The van der Waals surface area contributed by atoms with Crippen LogP contribution in [0.5, 0.6) is 0 Å². The summed E-state index contributed by atoms with van der Waals surface area (Å²) in [6, 6.07) is 13.9. The summed E-state index contributed by atoms with van der Waals surface area (Å²) < 4.78 is 5.26. The fraction of sp³-hybridized carbons (Fsp3) is 0.200. The maximum absolute atomic E-state index is 12.3. The van der Waals surface area contributed by atoms with Crippen molar-refractivity contribution in [3.63, 3.8) is 0 Å². The number of hydrogen-bond donors (Lipinski definition) is 1. The van der Waals surface area contributed by atoms with Crippen LogP contribution in [0.2, 0.25) is 5.02 Å². The van der Waals surface area contributed by atoms with E-state index in [1.165, 1.54) is 11.6 Å². The lowest BCUT2D eigenvalue weighted by Gasteiger charge is -2.09. The quantitative estimate of drug-likeness (QED) is 0.693. The fourth-order valence-electron chi connectivity index (χ4n) is 2.74. The lowest BCUT2D eigenvalue weighted by molar-refractivity contribution is 0.0951. The minimum atomic E-state index is -0.425. The molecule has 1 N–H and O–H groups in total. The van der Waals surface area contributed by atoms with E-state index in [1.807, 2.05) is 18.2 Å². The predicted molar refractivity (Wildman–Crippen MR) is 99.1 cm³/mol. The van der Waals surface area contributed by atoms with Crippen LogP contribution in [0.4, 0.5) is 0 Å². The van der Waals surface area contributed by atoms with Crippen molar-refractivity contribution >= 4 is 28.5 Å². The molecule has 2 aromatic carbocycles. The highest BCUT2D eigenvalue weighted by Gasteiger charge is 2.10. The van der Waals surface area contributed by atoms with Gasteiger partial charge in [0.25, 0.3) is 5.91 Å². The van der Waals surface area contributed by atoms with Crippen LogP contribution in [0.15, 0.2) is 57.7 Å². The average molecular weight is 356 g/mol. The van der Waals surface area contributed by atoms with E-state index in [-0.39, 0.29) is 12.5 Å². The fourth-order valence-corrected chi connectivity index (χ4v) is 2.87. The number of carbonyl (C=O) groups excluding carboxylic acids is 1. The standard InChI is InChI=1S/C20H18ClNO3/c1-2-3-13-4-9-18-17(10-13)15(11-19(23)25-18)12-22-20(24)14-5-7-16(21)8-6-14/h4-11H,2-3,12H2,1H3,(H,22,24). The summed E-state index contributed by atoms with van der Waals surface area (Å²) in [6.45, 7) is 2.36. The van der Waals surface area contributed by atoms with Gasteiger partial charge >= 0.3 is 5.63 Å². The van der Waals surface area contributed by atoms with Gasteiger partial charge in [-0.3, -0.25) is 4.79 Å². The Labute approximate surface area is 150 Å². The van der Waals surface area contributed by atoms with Crippen molar-refractivity contribution in [3.8, 4) is 0 Å². The van der Waals surface area contributed by atoms with Gasteiger partial charge < -0.3 is 9.73 Å². The molecule has 0 radical (unpaired) electrons. The third-order valence-corrected chi connectivity index (χ3v) is 4.23. The van der Waals surface area contributed by atoms with Gasteiger partial charge in [0, 0.05) is 28.6 Å². The average Bonchev–Trinajstić information content (AvgIpc) is 2.60. The number of benzene rings is 2. The molecule has 3 rings (SSSR count). The maximum atomic E-state index is 12.3. The van der Waals surface area contributed by atoms with Gasteiger partial charge in [-0.2, -0.15) is 0 Å². The predicted octanol–water partition coefficient (Wildman–Crippen LogP) is 4.33. The first kappa shape index (κ1) is 17.2. The maximum Gasteiger partial charge on any atom is 0.336 e. The van der Waals surface area contributed by atoms with Gasteiger partial charge in [0.15, 0.2) is 0 Å². The van der Waals surface area contributed by atoms with E-state index in [1.54, 1.807) is 24.3 Å². The van der Waals surface area contributed by atoms with Gasteiger partial charge in [0.2, 0.25) is 0 Å². The minimum absolute atomic E-state index is 0.220. The molecule has 0 atom stereocenters. The van der Waals surface area contributed by atoms with E-state index in [0.717, 1.165) is 23.8 Å². The number of halogens is 1. The topological polar surface area (TPSA) is 59.3 Å². The first-order valence-corrected chi connectivity index (χ1v) is 8.54. The first-order valence-electron chi connectivity index (χ1n) is 8.16. The molecule has 3 aromatic rings. The van der Waals surface area contributed by atoms with Crippen LogP contribution < -0.4 is 10.9 Å². The largest absolute Gasteiger partial charge is 0.423 e. The summed E-state index contributed by atoms with van der Waals surface area (Å²) >= 11 is 5.84. The van der Waals surface area contributed by atoms with Crippen LogP contribution in [0.3, 0.4) is 0 Å². The molecular weight excluding hydrogens is 338 g/mol. The molecule has 0 saturated heterocycles. The van der Waals surface area contributed by atoms with E-state index >= 15 is 0 Å². The molecule has 1 heterocycles. The Bertz CT molecular complexity index is 961. The van der Waals surface area contributed by atoms with Gasteiger partial charge in [0.05, 0.1) is 0 Å². The Balaban J connectivity index is 1.86. The Morgan fingerprint density at radius 3 is 2.60 bits per heavy atom. The Morgan fingerprint density at radius 1 is 1.12 bits per heavy atom. The Hall–Kier alpha value is -2.59. The van der Waals surface area contributed by atoms with Crippen LogP contribution in [0, 0.1) is 0 Å². The van der Waals surface area contributed by atoms with E-state index in [4.69, 9.17) is 16.0 Å². The highest BCUT2D eigenvalue weighted by atomic mass is 35.5. The number of nitrogens with one attached hydrogen (secondary N) is 1. The SMILES string of the molecule is CCCc1ccc2oc(=O)cc(CNC(=O)c3ccc(Cl)cc3)c2c1. The van der Waals surface area contributed by atoms with Crippen molar-refractivity contribution in [2.24, 2.45) is 0 Å². The minimum Gasteiger partial charge on any atom is -0.423 e. The molecule has 4 nitrogen and oxygen atoms in total. The van der Waals surface area contributed by atoms with E-state index in [2.05, 4.69) is 12.2 Å². The summed E-state index contributed by atoms with van der Waals surface area (Å²) in [7, 11) is 0. The number of fused-ring (bicyclic) bond motifs is 1. The molecule has 1 aromatic heterocycles. The number of aryl methyl sites for hydroxylation is 1. The van der Waals surface area contributed by atoms with Gasteiger partial charge in [0.1, 0.15) is 5.58 Å². The van der Waals surface area contributed by atoms with Crippen LogP contribution in [-0.2, 0) is 13.0 Å². The lowest BCUT2D eigenvalue weighted by Crippen LogP contribution is -2.23. The van der Waals surface area contributed by atoms with E-state index < -0.39 is 5.63 Å². The summed E-state index contributed by atoms with van der Waals surface area (Å²) in [5.41, 5.74) is 2.54. The second kappa shape index (κ2) is 7.53. The summed E-state index contributed by atoms with van der Waals surface area (Å²) in [6.07, 6.45) is 1.98. The molecule has 0 aliphatic carbocycles. The second-order valence-electron chi connectivity index (χ2n) is 5.86. The molecule has 0 unspecified atom stereocenters. The van der Waals surface area contributed by atoms with E-state index in [9.17, 15) is 9.59 Å². The zero-order valence-corrected chi connectivity index (χ0v) is 14.6. The summed E-state index contributed by atoms with van der Waals surface area (Å²) in [4.78, 5) is 24.0. The molecule has 5 heteroatoms. The zero-order chi connectivity index (χ0) is 17.8. The van der Waals surface area contributed by atoms with Crippen LogP contribution in [0.25, 0.3) is 11.0 Å². The third kappa shape index (κ3) is 4.09. The van der Waals surface area contributed by atoms with Crippen molar-refractivity contribution in [2.45, 2.75) is 26.3 Å². The molecule has 25 heavy (non-hydrogen) atoms. The number of amides is 1. The number of rotatable bonds is 5. The van der Waals surface area contributed by atoms with Crippen LogP contribution >= 0.6 is 11.6 Å². The van der Waals surface area contributed by atoms with Crippen molar-refractivity contribution < 1.29 is 9.21 Å². The smallest absolute Gasteiger partial charge is 0.336 e. The molecule has 0 aliphatic heterocycles. The van der Waals surface area contributed by atoms with Gasteiger partial charge in [-0.1, -0.05) is 31.0 Å². The summed E-state index contributed by atoms with van der Waals surface area (Å²) in [5.74, 6) is -0.220. The zero-order valence-electron chi connectivity index (χ0n) is 13.8. The van der Waals surface area contributed by atoms with Crippen molar-refractivity contribution in [1.29, 1.82) is 0 Å². The lowest BCUT2D eigenvalue weighted by atomic mass is 10.0. The number of hydrogen-bond acceptors (Lipinski definition) is 3. The van der Waals surface area contributed by atoms with Crippen LogP contribution in [-0.4, -0.2) is 5.91 Å². The molecule has 1 amide bonds. The van der Waals surface area contributed by atoms with Gasteiger partial charge in [-0.05, 0) is 53.9 Å². The molecular formula is C20H18ClNO3. The summed E-state index contributed by atoms with van der Waals surface area (Å²) in [5, 5.41) is 4.27. The molecule has 0 aliphatic rings. The second-order valence-corrected chi connectivity index (χ2v) is 6.30. The highest BCUT2D eigenvalue weighted by Crippen LogP contribution is 2.20. The molecule has 0 spiro atoms. The Kier molecular flexibility index (Phi) is 5.19.